The Labute approximate surface area is 171 Å². The van der Waals surface area contributed by atoms with Crippen LogP contribution >= 0.6 is 11.8 Å². The predicted octanol–water partition coefficient (Wildman–Crippen LogP) is 4.51. The fourth-order valence-electron chi connectivity index (χ4n) is 2.92. The molecule has 0 aliphatic rings. The van der Waals surface area contributed by atoms with E-state index in [0.29, 0.717) is 16.7 Å². The van der Waals surface area contributed by atoms with E-state index in [2.05, 4.69) is 25.3 Å². The maximum atomic E-state index is 13.1. The van der Waals surface area contributed by atoms with E-state index in [9.17, 15) is 9.18 Å². The van der Waals surface area contributed by atoms with Crippen LogP contribution in [0.15, 0.2) is 53.7 Å². The number of aromatic nitrogens is 4. The highest BCUT2D eigenvalue weighted by Crippen LogP contribution is 2.23. The van der Waals surface area contributed by atoms with Crippen LogP contribution in [0.25, 0.3) is 22.4 Å². The molecule has 0 unspecified atom stereocenters. The second-order valence-electron chi connectivity index (χ2n) is 6.59. The van der Waals surface area contributed by atoms with Gasteiger partial charge in [-0.25, -0.2) is 19.3 Å². The topological polar surface area (TPSA) is 83.6 Å². The van der Waals surface area contributed by atoms with Crippen LogP contribution in [0.2, 0.25) is 0 Å². The van der Waals surface area contributed by atoms with Crippen molar-refractivity contribution in [3.63, 3.8) is 0 Å². The number of halogens is 1. The normalized spacial score (nSPS) is 11.0. The molecule has 2 aromatic carbocycles. The Hall–Kier alpha value is -3.26. The summed E-state index contributed by atoms with van der Waals surface area (Å²) >= 11 is 1.30. The Balaban J connectivity index is 1.45. The predicted molar refractivity (Wildman–Crippen MR) is 112 cm³/mol. The highest BCUT2D eigenvalue weighted by Gasteiger charge is 2.09. The molecule has 0 fully saturated rings. The van der Waals surface area contributed by atoms with Gasteiger partial charge in [0.2, 0.25) is 5.91 Å². The molecular weight excluding hydrogens is 389 g/mol. The van der Waals surface area contributed by atoms with Gasteiger partial charge in [0.1, 0.15) is 11.6 Å². The van der Waals surface area contributed by atoms with E-state index in [1.807, 2.05) is 32.0 Å². The van der Waals surface area contributed by atoms with E-state index in [1.165, 1.54) is 23.9 Å². The van der Waals surface area contributed by atoms with Gasteiger partial charge in [-0.2, -0.15) is 0 Å². The molecule has 0 atom stereocenters. The first-order valence-corrected chi connectivity index (χ1v) is 9.95. The van der Waals surface area contributed by atoms with E-state index in [-0.39, 0.29) is 17.5 Å². The number of benzene rings is 2. The molecular formula is C21H18FN5OS. The van der Waals surface area contributed by atoms with Crippen molar-refractivity contribution in [2.75, 3.05) is 11.1 Å². The molecule has 0 radical (unpaired) electrons. The van der Waals surface area contributed by atoms with Gasteiger partial charge in [0.15, 0.2) is 5.16 Å². The van der Waals surface area contributed by atoms with Gasteiger partial charge in [-0.15, -0.1) is 0 Å². The summed E-state index contributed by atoms with van der Waals surface area (Å²) in [5.41, 5.74) is 4.76. The second kappa shape index (κ2) is 8.00. The van der Waals surface area contributed by atoms with Crippen molar-refractivity contribution in [1.82, 2.24) is 19.9 Å². The van der Waals surface area contributed by atoms with Gasteiger partial charge in [-0.1, -0.05) is 11.8 Å². The minimum atomic E-state index is -0.293. The highest BCUT2D eigenvalue weighted by atomic mass is 32.2. The summed E-state index contributed by atoms with van der Waals surface area (Å²) in [6.07, 6.45) is 0. The third-order valence-corrected chi connectivity index (χ3v) is 5.02. The van der Waals surface area contributed by atoms with Crippen molar-refractivity contribution in [2.24, 2.45) is 0 Å². The van der Waals surface area contributed by atoms with Gasteiger partial charge in [0, 0.05) is 22.6 Å². The first-order valence-electron chi connectivity index (χ1n) is 8.97. The molecule has 0 aliphatic carbocycles. The number of hydrogen-bond donors (Lipinski definition) is 2. The molecule has 0 bridgehead atoms. The fourth-order valence-corrected chi connectivity index (χ4v) is 3.67. The van der Waals surface area contributed by atoms with E-state index in [1.54, 1.807) is 18.2 Å². The van der Waals surface area contributed by atoms with Crippen LogP contribution < -0.4 is 5.32 Å². The molecule has 0 aliphatic heterocycles. The summed E-state index contributed by atoms with van der Waals surface area (Å²) in [5, 5.41) is 3.47. The van der Waals surface area contributed by atoms with E-state index in [0.717, 1.165) is 28.0 Å². The third kappa shape index (κ3) is 4.60. The lowest BCUT2D eigenvalue weighted by atomic mass is 10.2. The fraction of sp³-hybridized carbons (Fsp3) is 0.143. The van der Waals surface area contributed by atoms with Gasteiger partial charge in [-0.05, 0) is 62.4 Å². The number of thioether (sulfide) groups is 1. The van der Waals surface area contributed by atoms with Gasteiger partial charge >= 0.3 is 0 Å². The molecule has 8 heteroatoms. The van der Waals surface area contributed by atoms with Crippen molar-refractivity contribution >= 4 is 34.4 Å². The molecule has 4 aromatic rings. The standard InChI is InChI=1S/C21H18FN5OS/c1-12-9-13(2)24-21(23-12)29-11-19(28)25-16-7-8-17-18(10-16)27-20(26-17)14-3-5-15(22)6-4-14/h3-10H,11H2,1-2H3,(H,25,28)(H,26,27). The van der Waals surface area contributed by atoms with Gasteiger partial charge < -0.3 is 10.3 Å². The Morgan fingerprint density at radius 2 is 1.76 bits per heavy atom. The molecule has 29 heavy (non-hydrogen) atoms. The Kier molecular flexibility index (Phi) is 5.26. The van der Waals surface area contributed by atoms with E-state index in [4.69, 9.17) is 0 Å². The molecule has 2 aromatic heterocycles. The summed E-state index contributed by atoms with van der Waals surface area (Å²) < 4.78 is 13.1. The number of carbonyl (C=O) groups excluding carboxylic acids is 1. The lowest BCUT2D eigenvalue weighted by molar-refractivity contribution is -0.113. The van der Waals surface area contributed by atoms with Crippen molar-refractivity contribution < 1.29 is 9.18 Å². The maximum Gasteiger partial charge on any atom is 0.234 e. The second-order valence-corrected chi connectivity index (χ2v) is 7.54. The molecule has 2 N–H and O–H groups in total. The summed E-state index contributed by atoms with van der Waals surface area (Å²) in [7, 11) is 0. The van der Waals surface area contributed by atoms with Crippen molar-refractivity contribution in [2.45, 2.75) is 19.0 Å². The molecule has 0 spiro atoms. The summed E-state index contributed by atoms with van der Waals surface area (Å²) in [5.74, 6) is 0.422. The quantitative estimate of drug-likeness (QED) is 0.376. The lowest BCUT2D eigenvalue weighted by Crippen LogP contribution is -2.14. The molecule has 4 rings (SSSR count). The van der Waals surface area contributed by atoms with Crippen LogP contribution in [0.3, 0.4) is 0 Å². The zero-order chi connectivity index (χ0) is 20.4. The number of carbonyl (C=O) groups is 1. The molecule has 0 saturated heterocycles. The van der Waals surface area contributed by atoms with Crippen LogP contribution in [0.5, 0.6) is 0 Å². The smallest absolute Gasteiger partial charge is 0.234 e. The minimum Gasteiger partial charge on any atom is -0.338 e. The average Bonchev–Trinajstić information content (AvgIpc) is 3.09. The maximum absolute atomic E-state index is 13.1. The van der Waals surface area contributed by atoms with Crippen LogP contribution in [0.4, 0.5) is 10.1 Å². The zero-order valence-corrected chi connectivity index (χ0v) is 16.7. The monoisotopic (exact) mass is 407 g/mol. The number of imidazole rings is 1. The summed E-state index contributed by atoms with van der Waals surface area (Å²) in [6, 6.07) is 13.5. The number of nitrogens with one attached hydrogen (secondary N) is 2. The number of amides is 1. The molecule has 2 heterocycles. The zero-order valence-electron chi connectivity index (χ0n) is 15.9. The number of fused-ring (bicyclic) bond motifs is 1. The number of anilines is 1. The highest BCUT2D eigenvalue weighted by molar-refractivity contribution is 7.99. The Morgan fingerprint density at radius 3 is 2.48 bits per heavy atom. The SMILES string of the molecule is Cc1cc(C)nc(SCC(=O)Nc2ccc3nc(-c4ccc(F)cc4)[nH]c3c2)n1. The number of H-pyrrole nitrogens is 1. The number of nitrogens with zero attached hydrogens (tertiary/aromatic N) is 3. The minimum absolute atomic E-state index is 0.143. The average molecular weight is 407 g/mol. The number of hydrogen-bond acceptors (Lipinski definition) is 5. The Morgan fingerprint density at radius 1 is 1.03 bits per heavy atom. The number of rotatable bonds is 5. The van der Waals surface area contributed by atoms with Crippen LogP contribution in [0, 0.1) is 19.7 Å². The molecule has 6 nitrogen and oxygen atoms in total. The van der Waals surface area contributed by atoms with Crippen molar-refractivity contribution in [1.29, 1.82) is 0 Å². The van der Waals surface area contributed by atoms with Gasteiger partial charge in [0.25, 0.3) is 0 Å². The molecule has 146 valence electrons. The van der Waals surface area contributed by atoms with Gasteiger partial charge in [0.05, 0.1) is 16.8 Å². The van der Waals surface area contributed by atoms with Crippen molar-refractivity contribution in [3.8, 4) is 11.4 Å². The Bertz CT molecular complexity index is 1170. The van der Waals surface area contributed by atoms with Crippen LogP contribution in [-0.2, 0) is 4.79 Å². The van der Waals surface area contributed by atoms with Gasteiger partial charge in [-0.3, -0.25) is 4.79 Å². The van der Waals surface area contributed by atoms with Crippen LogP contribution in [-0.4, -0.2) is 31.6 Å². The molecule has 0 saturated carbocycles. The van der Waals surface area contributed by atoms with E-state index >= 15 is 0 Å². The summed E-state index contributed by atoms with van der Waals surface area (Å²) in [4.78, 5) is 28.7. The number of aryl methyl sites for hydroxylation is 2. The first kappa shape index (κ1) is 19.1. The number of aromatic amines is 1. The lowest BCUT2D eigenvalue weighted by Gasteiger charge is -2.05. The van der Waals surface area contributed by atoms with E-state index < -0.39 is 0 Å². The first-order chi connectivity index (χ1) is 14.0. The largest absolute Gasteiger partial charge is 0.338 e. The molecule has 1 amide bonds. The summed E-state index contributed by atoms with van der Waals surface area (Å²) in [6.45, 7) is 3.80. The third-order valence-electron chi connectivity index (χ3n) is 4.18. The van der Waals surface area contributed by atoms with Crippen LogP contribution in [0.1, 0.15) is 11.4 Å². The van der Waals surface area contributed by atoms with Crippen molar-refractivity contribution in [3.05, 3.63) is 65.7 Å².